The maximum Gasteiger partial charge on any atom is 0.274 e. The third kappa shape index (κ3) is 3.94. The lowest BCUT2D eigenvalue weighted by Gasteiger charge is -2.06. The molecule has 0 saturated heterocycles. The first-order chi connectivity index (χ1) is 13.5. The summed E-state index contributed by atoms with van der Waals surface area (Å²) < 4.78 is 6.70. The van der Waals surface area contributed by atoms with E-state index >= 15 is 0 Å². The summed E-state index contributed by atoms with van der Waals surface area (Å²) in [5.41, 5.74) is 1.66. The van der Waals surface area contributed by atoms with E-state index in [4.69, 9.17) is 16.0 Å². The van der Waals surface area contributed by atoms with Crippen molar-refractivity contribution in [1.82, 2.24) is 15.1 Å². The Kier molecular flexibility index (Phi) is 4.92. The van der Waals surface area contributed by atoms with Gasteiger partial charge in [0.05, 0.1) is 18.5 Å². The maximum absolute atomic E-state index is 12.6. The lowest BCUT2D eigenvalue weighted by molar-refractivity contribution is -0.117. The molecule has 1 saturated carbocycles. The Balaban J connectivity index is 1.40. The molecule has 2 unspecified atom stereocenters. The van der Waals surface area contributed by atoms with Crippen molar-refractivity contribution in [1.29, 1.82) is 0 Å². The first-order valence-electron chi connectivity index (χ1n) is 8.92. The lowest BCUT2D eigenvalue weighted by atomic mass is 10.1. The summed E-state index contributed by atoms with van der Waals surface area (Å²) in [5.74, 6) is 0.189. The Hall–Kier alpha value is -3.06. The molecular weight excluding hydrogens is 380 g/mol. The van der Waals surface area contributed by atoms with Crippen LogP contribution >= 0.6 is 11.6 Å². The summed E-state index contributed by atoms with van der Waals surface area (Å²) >= 11 is 5.92. The van der Waals surface area contributed by atoms with Crippen LogP contribution in [0.25, 0.3) is 0 Å². The van der Waals surface area contributed by atoms with Crippen LogP contribution in [-0.4, -0.2) is 21.6 Å². The first-order valence-corrected chi connectivity index (χ1v) is 9.29. The number of halogens is 1. The number of nitrogens with one attached hydrogen (secondary N) is 2. The predicted octanol–water partition coefficient (Wildman–Crippen LogP) is 3.34. The minimum atomic E-state index is -0.377. The van der Waals surface area contributed by atoms with Crippen molar-refractivity contribution < 1.29 is 14.0 Å². The number of furan rings is 1. The highest BCUT2D eigenvalue weighted by molar-refractivity contribution is 6.30. The van der Waals surface area contributed by atoms with E-state index in [0.717, 1.165) is 12.0 Å². The van der Waals surface area contributed by atoms with E-state index < -0.39 is 0 Å². The minimum absolute atomic E-state index is 0.118. The van der Waals surface area contributed by atoms with Gasteiger partial charge in [-0.15, -0.1) is 0 Å². The van der Waals surface area contributed by atoms with Crippen LogP contribution in [0.5, 0.6) is 0 Å². The van der Waals surface area contributed by atoms with Crippen LogP contribution in [0.4, 0.5) is 5.69 Å². The molecule has 0 bridgehead atoms. The summed E-state index contributed by atoms with van der Waals surface area (Å²) in [6, 6.07) is 11.1. The normalized spacial score (nSPS) is 17.9. The van der Waals surface area contributed by atoms with Crippen LogP contribution in [0.15, 0.2) is 53.3 Å². The van der Waals surface area contributed by atoms with E-state index in [2.05, 4.69) is 15.7 Å². The Labute approximate surface area is 166 Å². The van der Waals surface area contributed by atoms with Crippen LogP contribution in [0, 0.1) is 5.92 Å². The molecule has 2 atom stereocenters. The van der Waals surface area contributed by atoms with E-state index in [0.29, 0.717) is 16.5 Å². The average molecular weight is 399 g/mol. The molecule has 2 N–H and O–H groups in total. The number of rotatable bonds is 6. The molecule has 7 nitrogen and oxygen atoms in total. The van der Waals surface area contributed by atoms with Crippen molar-refractivity contribution in [2.75, 3.05) is 5.32 Å². The molecule has 3 aromatic rings. The molecule has 4 rings (SSSR count). The quantitative estimate of drug-likeness (QED) is 0.666. The third-order valence-electron chi connectivity index (χ3n) is 4.73. The summed E-state index contributed by atoms with van der Waals surface area (Å²) in [5, 5.41) is 10.4. The van der Waals surface area contributed by atoms with Gasteiger partial charge in [-0.3, -0.25) is 14.3 Å². The number of hydrogen-bond acceptors (Lipinski definition) is 4. The van der Waals surface area contributed by atoms with Gasteiger partial charge in [-0.05, 0) is 42.2 Å². The van der Waals surface area contributed by atoms with Crippen molar-refractivity contribution >= 4 is 29.1 Å². The van der Waals surface area contributed by atoms with Gasteiger partial charge in [0, 0.05) is 24.2 Å². The van der Waals surface area contributed by atoms with Crippen LogP contribution in [0.2, 0.25) is 5.02 Å². The van der Waals surface area contributed by atoms with Gasteiger partial charge in [0.15, 0.2) is 5.69 Å². The Morgan fingerprint density at radius 1 is 1.29 bits per heavy atom. The van der Waals surface area contributed by atoms with E-state index in [1.807, 2.05) is 24.3 Å². The summed E-state index contributed by atoms with van der Waals surface area (Å²) in [6.45, 7) is 0.247. The maximum atomic E-state index is 12.6. The van der Waals surface area contributed by atoms with Gasteiger partial charge >= 0.3 is 0 Å². The number of amides is 2. The van der Waals surface area contributed by atoms with Crippen LogP contribution < -0.4 is 10.6 Å². The molecule has 1 aromatic carbocycles. The molecular formula is C20H19ClN4O3. The molecule has 1 aliphatic carbocycles. The van der Waals surface area contributed by atoms with E-state index in [9.17, 15) is 9.59 Å². The molecule has 0 aliphatic heterocycles. The number of carbonyl (C=O) groups excluding carboxylic acids is 2. The molecule has 2 amide bonds. The minimum Gasteiger partial charge on any atom is -0.467 e. The average Bonchev–Trinajstić information content (AvgIpc) is 3.13. The summed E-state index contributed by atoms with van der Waals surface area (Å²) in [4.78, 5) is 25.1. The van der Waals surface area contributed by atoms with Crippen molar-refractivity contribution in [2.45, 2.75) is 18.9 Å². The number of aryl methyl sites for hydroxylation is 1. The first kappa shape index (κ1) is 18.3. The molecule has 2 heterocycles. The fourth-order valence-corrected chi connectivity index (χ4v) is 3.33. The zero-order chi connectivity index (χ0) is 19.7. The molecule has 2 aromatic heterocycles. The Morgan fingerprint density at radius 2 is 2.07 bits per heavy atom. The molecule has 1 aliphatic rings. The SMILES string of the molecule is Cn1cc(NC(=O)C2CC2c2ccc(Cl)cc2)c(C(=O)NCc2ccco2)n1. The fraction of sp³-hybridized carbons (Fsp3) is 0.250. The van der Waals surface area contributed by atoms with Gasteiger partial charge in [0.2, 0.25) is 5.91 Å². The van der Waals surface area contributed by atoms with Crippen molar-refractivity contribution in [3.8, 4) is 0 Å². The van der Waals surface area contributed by atoms with Gasteiger partial charge in [0.25, 0.3) is 5.91 Å². The number of hydrogen-bond donors (Lipinski definition) is 2. The van der Waals surface area contributed by atoms with Crippen LogP contribution in [0.3, 0.4) is 0 Å². The van der Waals surface area contributed by atoms with E-state index in [1.165, 1.54) is 4.68 Å². The van der Waals surface area contributed by atoms with Gasteiger partial charge in [0.1, 0.15) is 5.76 Å². The molecule has 8 heteroatoms. The molecule has 144 valence electrons. The molecule has 0 spiro atoms. The molecule has 1 fully saturated rings. The number of nitrogens with zero attached hydrogens (tertiary/aromatic N) is 2. The largest absolute Gasteiger partial charge is 0.467 e. The Morgan fingerprint density at radius 3 is 2.79 bits per heavy atom. The second-order valence-electron chi connectivity index (χ2n) is 6.82. The van der Waals surface area contributed by atoms with Crippen LogP contribution in [-0.2, 0) is 18.4 Å². The zero-order valence-corrected chi connectivity index (χ0v) is 15.9. The number of anilines is 1. The van der Waals surface area contributed by atoms with Crippen molar-refractivity contribution in [2.24, 2.45) is 13.0 Å². The monoisotopic (exact) mass is 398 g/mol. The summed E-state index contributed by atoms with van der Waals surface area (Å²) in [7, 11) is 1.70. The smallest absolute Gasteiger partial charge is 0.274 e. The van der Waals surface area contributed by atoms with Crippen LogP contribution in [0.1, 0.15) is 34.2 Å². The van der Waals surface area contributed by atoms with Crippen molar-refractivity contribution in [3.63, 3.8) is 0 Å². The second kappa shape index (κ2) is 7.52. The fourth-order valence-electron chi connectivity index (χ4n) is 3.20. The van der Waals surface area contributed by atoms with E-state index in [1.54, 1.807) is 31.6 Å². The lowest BCUT2D eigenvalue weighted by Crippen LogP contribution is -2.25. The van der Waals surface area contributed by atoms with Gasteiger partial charge < -0.3 is 15.1 Å². The topological polar surface area (TPSA) is 89.2 Å². The number of benzene rings is 1. The number of carbonyl (C=O) groups is 2. The third-order valence-corrected chi connectivity index (χ3v) is 4.98. The molecule has 0 radical (unpaired) electrons. The molecule has 28 heavy (non-hydrogen) atoms. The number of aromatic nitrogens is 2. The standard InChI is InChI=1S/C20H19ClN4O3/c1-25-11-17(18(24-25)20(27)22-10-14-3-2-8-28-14)23-19(26)16-9-15(16)12-4-6-13(21)7-5-12/h2-8,11,15-16H,9-10H2,1H3,(H,22,27)(H,23,26). The summed E-state index contributed by atoms with van der Waals surface area (Å²) in [6.07, 6.45) is 3.94. The highest BCUT2D eigenvalue weighted by Gasteiger charge is 2.44. The highest BCUT2D eigenvalue weighted by atomic mass is 35.5. The predicted molar refractivity (Wildman–Crippen MR) is 104 cm³/mol. The van der Waals surface area contributed by atoms with Gasteiger partial charge in [-0.25, -0.2) is 0 Å². The second-order valence-corrected chi connectivity index (χ2v) is 7.25. The highest BCUT2D eigenvalue weighted by Crippen LogP contribution is 2.48. The van der Waals surface area contributed by atoms with E-state index in [-0.39, 0.29) is 35.9 Å². The zero-order valence-electron chi connectivity index (χ0n) is 15.2. The van der Waals surface area contributed by atoms with Gasteiger partial charge in [-0.2, -0.15) is 5.10 Å². The van der Waals surface area contributed by atoms with Crippen molar-refractivity contribution in [3.05, 3.63) is 70.9 Å². The van der Waals surface area contributed by atoms with Gasteiger partial charge in [-0.1, -0.05) is 23.7 Å². The Bertz CT molecular complexity index is 995.